The maximum Gasteiger partial charge on any atom is 0.420 e. The summed E-state index contributed by atoms with van der Waals surface area (Å²) in [5.74, 6) is -8.05. The fourth-order valence-electron chi connectivity index (χ4n) is 4.46. The molecule has 2 aromatic rings. The van der Waals surface area contributed by atoms with Crippen molar-refractivity contribution in [2.45, 2.75) is 67.6 Å². The van der Waals surface area contributed by atoms with Crippen LogP contribution >= 0.6 is 0 Å². The monoisotopic (exact) mass is 544 g/mol. The fraction of sp³-hybridized carbons (Fsp3) is 0.524. The Kier molecular flexibility index (Phi) is 5.97. The molecular formula is C21H20F8N4O2S. The van der Waals surface area contributed by atoms with Gasteiger partial charge in [-0.05, 0) is 36.5 Å². The Morgan fingerprint density at radius 1 is 1.22 bits per heavy atom. The number of amides is 1. The molecule has 0 unspecified atom stereocenters. The molecule has 1 aromatic carbocycles. The van der Waals surface area contributed by atoms with Crippen LogP contribution in [-0.4, -0.2) is 31.6 Å². The summed E-state index contributed by atoms with van der Waals surface area (Å²) < 4.78 is 130. The second-order valence-electron chi connectivity index (χ2n) is 9.56. The van der Waals surface area contributed by atoms with Gasteiger partial charge in [-0.3, -0.25) is 9.48 Å². The molecule has 0 bridgehead atoms. The Morgan fingerprint density at radius 3 is 2.33 bits per heavy atom. The van der Waals surface area contributed by atoms with Crippen molar-refractivity contribution in [2.24, 2.45) is 5.41 Å². The lowest BCUT2D eigenvalue weighted by molar-refractivity contribution is -0.160. The van der Waals surface area contributed by atoms with Crippen LogP contribution in [0.5, 0.6) is 0 Å². The molecule has 1 aromatic heterocycles. The summed E-state index contributed by atoms with van der Waals surface area (Å²) >= 11 is 0. The molecule has 198 valence electrons. The summed E-state index contributed by atoms with van der Waals surface area (Å²) in [6.07, 6.45) is -7.12. The van der Waals surface area contributed by atoms with E-state index in [1.54, 1.807) is 0 Å². The Labute approximate surface area is 200 Å². The van der Waals surface area contributed by atoms with Crippen molar-refractivity contribution >= 4 is 21.3 Å². The second kappa shape index (κ2) is 8.15. The van der Waals surface area contributed by atoms with Gasteiger partial charge in [-0.2, -0.15) is 27.1 Å². The third kappa shape index (κ3) is 4.81. The summed E-state index contributed by atoms with van der Waals surface area (Å²) in [7, 11) is -4.58. The SMILES string of the molecule is CC1(Cn2nc(C3(F)CC3)c(C(F)(F)F)c2C(=O)Nc2cccc([S@](=N)(=O)C(F)F)c2)CC(F)(F)C1. The zero-order valence-electron chi connectivity index (χ0n) is 18.6. The van der Waals surface area contributed by atoms with Crippen molar-refractivity contribution in [2.75, 3.05) is 5.32 Å². The lowest BCUT2D eigenvalue weighted by Gasteiger charge is -2.44. The van der Waals surface area contributed by atoms with Gasteiger partial charge in [0.25, 0.3) is 5.91 Å². The standard InChI is InChI=1S/C21H20F8N4O2S/c1-18(8-20(25,26)9-18)10-33-14(13(21(27,28)29)15(32-33)19(24)5-6-19)16(34)31-11-3-2-4-12(7-11)36(30,35)17(22)23/h2-4,7,17,30H,5-6,8-10H2,1H3,(H,31,34)/t36-/m0/s1. The highest BCUT2D eigenvalue weighted by atomic mass is 32.2. The van der Waals surface area contributed by atoms with E-state index in [9.17, 15) is 44.1 Å². The predicted molar refractivity (Wildman–Crippen MR) is 111 cm³/mol. The van der Waals surface area contributed by atoms with E-state index in [0.29, 0.717) is 4.68 Å². The van der Waals surface area contributed by atoms with Crippen LogP contribution in [0.25, 0.3) is 0 Å². The Bertz CT molecular complexity index is 1310. The van der Waals surface area contributed by atoms with Gasteiger partial charge in [0.05, 0.1) is 4.90 Å². The molecule has 2 N–H and O–H groups in total. The van der Waals surface area contributed by atoms with Crippen LogP contribution < -0.4 is 5.32 Å². The van der Waals surface area contributed by atoms with E-state index in [1.807, 2.05) is 0 Å². The number of aromatic nitrogens is 2. The number of hydrogen-bond donors (Lipinski definition) is 2. The number of carbonyl (C=O) groups excluding carboxylic acids is 1. The molecule has 0 saturated heterocycles. The molecule has 15 heteroatoms. The zero-order chi connectivity index (χ0) is 26.9. The first-order chi connectivity index (χ1) is 16.4. The number of halogens is 8. The minimum atomic E-state index is -5.24. The van der Waals surface area contributed by atoms with Crippen molar-refractivity contribution in [3.05, 3.63) is 41.2 Å². The number of alkyl halides is 8. The average molecular weight is 544 g/mol. The predicted octanol–water partition coefficient (Wildman–Crippen LogP) is 6.18. The van der Waals surface area contributed by atoms with Crippen LogP contribution in [0.15, 0.2) is 29.2 Å². The van der Waals surface area contributed by atoms with Gasteiger partial charge in [-0.1, -0.05) is 13.0 Å². The van der Waals surface area contributed by atoms with Crippen molar-refractivity contribution < 1.29 is 44.1 Å². The minimum absolute atomic E-state index is 0.267. The van der Waals surface area contributed by atoms with Gasteiger partial charge in [-0.25, -0.2) is 22.2 Å². The molecule has 2 aliphatic carbocycles. The van der Waals surface area contributed by atoms with Crippen molar-refractivity contribution in [3.8, 4) is 0 Å². The van der Waals surface area contributed by atoms with Gasteiger partial charge in [0.2, 0.25) is 5.92 Å². The van der Waals surface area contributed by atoms with E-state index in [2.05, 4.69) is 10.4 Å². The van der Waals surface area contributed by atoms with Crippen molar-refractivity contribution in [3.63, 3.8) is 0 Å². The molecule has 0 aliphatic heterocycles. The summed E-state index contributed by atoms with van der Waals surface area (Å²) in [6.45, 7) is 0.845. The summed E-state index contributed by atoms with van der Waals surface area (Å²) in [5, 5.41) is 5.77. The van der Waals surface area contributed by atoms with Crippen LogP contribution in [0.2, 0.25) is 0 Å². The second-order valence-corrected chi connectivity index (χ2v) is 11.6. The lowest BCUT2D eigenvalue weighted by Crippen LogP contribution is -2.47. The number of nitrogens with zero attached hydrogens (tertiary/aromatic N) is 2. The highest BCUT2D eigenvalue weighted by Gasteiger charge is 2.57. The first-order valence-corrected chi connectivity index (χ1v) is 12.2. The Morgan fingerprint density at radius 2 is 1.83 bits per heavy atom. The van der Waals surface area contributed by atoms with Crippen molar-refractivity contribution in [1.29, 1.82) is 4.78 Å². The van der Waals surface area contributed by atoms with Gasteiger partial charge in [0.1, 0.15) is 26.7 Å². The Balaban J connectivity index is 1.77. The molecule has 2 aliphatic rings. The third-order valence-electron chi connectivity index (χ3n) is 6.16. The third-order valence-corrected chi connectivity index (χ3v) is 7.62. The molecule has 0 spiro atoms. The molecule has 1 atom stereocenters. The van der Waals surface area contributed by atoms with Crippen LogP contribution in [0.3, 0.4) is 0 Å². The highest BCUT2D eigenvalue weighted by molar-refractivity contribution is 7.92. The van der Waals surface area contributed by atoms with Crippen LogP contribution in [0.4, 0.5) is 40.8 Å². The largest absolute Gasteiger partial charge is 0.420 e. The molecule has 6 nitrogen and oxygen atoms in total. The van der Waals surface area contributed by atoms with Crippen LogP contribution in [0.1, 0.15) is 54.4 Å². The molecule has 2 saturated carbocycles. The number of carbonyl (C=O) groups is 1. The van der Waals surface area contributed by atoms with Gasteiger partial charge in [0.15, 0.2) is 5.67 Å². The van der Waals surface area contributed by atoms with Crippen LogP contribution in [-0.2, 0) is 28.1 Å². The molecule has 2 fully saturated rings. The molecule has 36 heavy (non-hydrogen) atoms. The molecule has 1 amide bonds. The summed E-state index contributed by atoms with van der Waals surface area (Å²) in [4.78, 5) is 12.4. The van der Waals surface area contributed by atoms with Crippen molar-refractivity contribution in [1.82, 2.24) is 9.78 Å². The minimum Gasteiger partial charge on any atom is -0.321 e. The summed E-state index contributed by atoms with van der Waals surface area (Å²) in [5.41, 5.74) is -7.79. The highest BCUT2D eigenvalue weighted by Crippen LogP contribution is 2.55. The van der Waals surface area contributed by atoms with Crippen LogP contribution in [0, 0.1) is 10.2 Å². The lowest BCUT2D eigenvalue weighted by atomic mass is 9.67. The van der Waals surface area contributed by atoms with E-state index >= 15 is 0 Å². The van der Waals surface area contributed by atoms with E-state index < -0.39 is 85.8 Å². The first kappa shape index (κ1) is 26.4. The first-order valence-electron chi connectivity index (χ1n) is 10.6. The van der Waals surface area contributed by atoms with Gasteiger partial charge >= 0.3 is 11.9 Å². The molecule has 1 heterocycles. The molecule has 0 radical (unpaired) electrons. The maximum absolute atomic E-state index is 14.9. The smallest absolute Gasteiger partial charge is 0.321 e. The topological polar surface area (TPSA) is 87.8 Å². The van der Waals surface area contributed by atoms with E-state index in [1.165, 1.54) is 6.92 Å². The Hall–Kier alpha value is -2.71. The number of rotatable bonds is 7. The average Bonchev–Trinajstić information content (AvgIpc) is 3.33. The van der Waals surface area contributed by atoms with Gasteiger partial charge in [-0.15, -0.1) is 0 Å². The molecule has 4 rings (SSSR count). The number of hydrogen-bond acceptors (Lipinski definition) is 4. The normalized spacial score (nSPS) is 21.5. The van der Waals surface area contributed by atoms with E-state index in [4.69, 9.17) is 4.78 Å². The maximum atomic E-state index is 14.9. The summed E-state index contributed by atoms with van der Waals surface area (Å²) in [6, 6.07) is 3.84. The number of nitrogens with one attached hydrogen (secondary N) is 2. The van der Waals surface area contributed by atoms with E-state index in [-0.39, 0.29) is 18.5 Å². The zero-order valence-corrected chi connectivity index (χ0v) is 19.4. The number of anilines is 1. The van der Waals surface area contributed by atoms with E-state index in [0.717, 1.165) is 24.3 Å². The van der Waals surface area contributed by atoms with Gasteiger partial charge in [0, 0.05) is 25.1 Å². The fourth-order valence-corrected chi connectivity index (χ4v) is 5.25. The molecular weight excluding hydrogens is 524 g/mol. The van der Waals surface area contributed by atoms with Gasteiger partial charge < -0.3 is 5.32 Å². The quantitative estimate of drug-likeness (QED) is 0.409. The number of benzene rings is 1.